The van der Waals surface area contributed by atoms with Crippen molar-refractivity contribution in [1.29, 1.82) is 0 Å². The van der Waals surface area contributed by atoms with E-state index in [4.69, 9.17) is 0 Å². The van der Waals surface area contributed by atoms with Crippen LogP contribution in [0.15, 0.2) is 36.5 Å². The summed E-state index contributed by atoms with van der Waals surface area (Å²) in [6.07, 6.45) is 6.29. The summed E-state index contributed by atoms with van der Waals surface area (Å²) in [7, 11) is 1.95. The molecule has 0 unspecified atom stereocenters. The topological polar surface area (TPSA) is 61.4 Å². The fraction of sp³-hybridized carbons (Fsp3) is 0.500. The highest BCUT2D eigenvalue weighted by molar-refractivity contribution is 6.03. The van der Waals surface area contributed by atoms with Crippen molar-refractivity contribution in [2.45, 2.75) is 39.5 Å². The molecule has 3 rings (SSSR count). The number of carbonyl (C=O) groups excluding carboxylic acids is 1. The van der Waals surface area contributed by atoms with E-state index in [9.17, 15) is 4.79 Å². The van der Waals surface area contributed by atoms with Gasteiger partial charge in [0.25, 0.3) is 5.91 Å². The molecule has 1 aromatic carbocycles. The zero-order valence-electron chi connectivity index (χ0n) is 17.2. The summed E-state index contributed by atoms with van der Waals surface area (Å²) < 4.78 is 0. The van der Waals surface area contributed by atoms with Crippen LogP contribution in [0.25, 0.3) is 0 Å². The first-order chi connectivity index (χ1) is 13.6. The van der Waals surface area contributed by atoms with E-state index >= 15 is 0 Å². The van der Waals surface area contributed by atoms with Gasteiger partial charge in [-0.15, -0.1) is 0 Å². The lowest BCUT2D eigenvalue weighted by molar-refractivity contribution is 0.102. The smallest absolute Gasteiger partial charge is 0.274 e. The second kappa shape index (κ2) is 9.53. The van der Waals surface area contributed by atoms with E-state index in [2.05, 4.69) is 46.2 Å². The van der Waals surface area contributed by atoms with Crippen LogP contribution in [-0.4, -0.2) is 42.6 Å². The molecule has 1 N–H and O–H groups in total. The molecule has 6 heteroatoms. The van der Waals surface area contributed by atoms with Crippen molar-refractivity contribution >= 4 is 23.2 Å². The Morgan fingerprint density at radius 1 is 1.21 bits per heavy atom. The fourth-order valence-corrected chi connectivity index (χ4v) is 3.37. The molecule has 0 spiro atoms. The van der Waals surface area contributed by atoms with Crippen LogP contribution in [0, 0.1) is 5.92 Å². The molecule has 2 aromatic rings. The molecule has 150 valence electrons. The van der Waals surface area contributed by atoms with Crippen molar-refractivity contribution in [2.75, 3.05) is 41.8 Å². The Morgan fingerprint density at radius 2 is 1.93 bits per heavy atom. The molecule has 6 nitrogen and oxygen atoms in total. The number of carbonyl (C=O) groups is 1. The van der Waals surface area contributed by atoms with Crippen LogP contribution < -0.4 is 15.1 Å². The van der Waals surface area contributed by atoms with Gasteiger partial charge in [-0.2, -0.15) is 0 Å². The number of piperidine rings is 1. The van der Waals surface area contributed by atoms with Gasteiger partial charge in [0.15, 0.2) is 0 Å². The van der Waals surface area contributed by atoms with Gasteiger partial charge >= 0.3 is 0 Å². The molecular weight excluding hydrogens is 350 g/mol. The lowest BCUT2D eigenvalue weighted by Crippen LogP contribution is -2.32. The SMILES string of the molecule is CCCCN(C)c1nccc(C(=O)Nc2ccc(N3CCC(C)CC3)cc2)n1. The third kappa shape index (κ3) is 5.21. The minimum absolute atomic E-state index is 0.216. The zero-order valence-corrected chi connectivity index (χ0v) is 17.2. The lowest BCUT2D eigenvalue weighted by Gasteiger charge is -2.32. The van der Waals surface area contributed by atoms with Crippen LogP contribution in [0.4, 0.5) is 17.3 Å². The molecule has 0 saturated carbocycles. The summed E-state index contributed by atoms with van der Waals surface area (Å²) in [5.74, 6) is 1.18. The van der Waals surface area contributed by atoms with Crippen LogP contribution in [-0.2, 0) is 0 Å². The van der Waals surface area contributed by atoms with E-state index in [1.807, 2.05) is 24.1 Å². The lowest BCUT2D eigenvalue weighted by atomic mass is 9.99. The summed E-state index contributed by atoms with van der Waals surface area (Å²) >= 11 is 0. The van der Waals surface area contributed by atoms with Gasteiger partial charge in [0.2, 0.25) is 5.95 Å². The predicted molar refractivity (Wildman–Crippen MR) is 115 cm³/mol. The summed E-state index contributed by atoms with van der Waals surface area (Å²) in [5, 5.41) is 2.94. The zero-order chi connectivity index (χ0) is 19.9. The molecule has 28 heavy (non-hydrogen) atoms. The van der Waals surface area contributed by atoms with Gasteiger partial charge in [-0.1, -0.05) is 20.3 Å². The van der Waals surface area contributed by atoms with Gasteiger partial charge in [0.1, 0.15) is 5.69 Å². The van der Waals surface area contributed by atoms with Crippen molar-refractivity contribution in [3.05, 3.63) is 42.2 Å². The molecule has 0 radical (unpaired) electrons. The number of hydrogen-bond acceptors (Lipinski definition) is 5. The van der Waals surface area contributed by atoms with Crippen molar-refractivity contribution < 1.29 is 4.79 Å². The molecule has 1 amide bonds. The number of hydrogen-bond donors (Lipinski definition) is 1. The van der Waals surface area contributed by atoms with Gasteiger partial charge in [0, 0.05) is 44.3 Å². The monoisotopic (exact) mass is 381 g/mol. The van der Waals surface area contributed by atoms with Crippen molar-refractivity contribution in [3.63, 3.8) is 0 Å². The molecule has 0 bridgehead atoms. The predicted octanol–water partition coefficient (Wildman–Crippen LogP) is 4.20. The first-order valence-corrected chi connectivity index (χ1v) is 10.3. The summed E-state index contributed by atoms with van der Waals surface area (Å²) in [5.41, 5.74) is 2.37. The molecule has 1 fully saturated rings. The highest BCUT2D eigenvalue weighted by Crippen LogP contribution is 2.24. The second-order valence-electron chi connectivity index (χ2n) is 7.69. The Bertz CT molecular complexity index is 769. The third-order valence-corrected chi connectivity index (χ3v) is 5.34. The number of nitrogens with one attached hydrogen (secondary N) is 1. The first kappa shape index (κ1) is 20.1. The maximum Gasteiger partial charge on any atom is 0.274 e. The van der Waals surface area contributed by atoms with E-state index in [1.54, 1.807) is 12.3 Å². The number of unbranched alkanes of at least 4 members (excludes halogenated alkanes) is 1. The molecule has 1 saturated heterocycles. The van der Waals surface area contributed by atoms with Crippen LogP contribution in [0.5, 0.6) is 0 Å². The van der Waals surface area contributed by atoms with E-state index in [0.29, 0.717) is 11.6 Å². The van der Waals surface area contributed by atoms with Crippen molar-refractivity contribution in [3.8, 4) is 0 Å². The maximum absolute atomic E-state index is 12.6. The van der Waals surface area contributed by atoms with Crippen molar-refractivity contribution in [2.24, 2.45) is 5.92 Å². The average molecular weight is 382 g/mol. The molecule has 1 aliphatic heterocycles. The number of nitrogens with zero attached hydrogens (tertiary/aromatic N) is 4. The number of benzene rings is 1. The van der Waals surface area contributed by atoms with Crippen LogP contribution in [0.3, 0.4) is 0 Å². The molecule has 1 aromatic heterocycles. The Kier molecular flexibility index (Phi) is 6.85. The quantitative estimate of drug-likeness (QED) is 0.779. The van der Waals surface area contributed by atoms with Gasteiger partial charge in [-0.25, -0.2) is 9.97 Å². The highest BCUT2D eigenvalue weighted by Gasteiger charge is 2.16. The van der Waals surface area contributed by atoms with E-state index in [-0.39, 0.29) is 5.91 Å². The van der Waals surface area contributed by atoms with E-state index in [0.717, 1.165) is 44.1 Å². The fourth-order valence-electron chi connectivity index (χ4n) is 3.37. The summed E-state index contributed by atoms with van der Waals surface area (Å²) in [6, 6.07) is 9.72. The van der Waals surface area contributed by atoms with Gasteiger partial charge < -0.3 is 15.1 Å². The largest absolute Gasteiger partial charge is 0.372 e. The minimum Gasteiger partial charge on any atom is -0.372 e. The van der Waals surface area contributed by atoms with Crippen LogP contribution >= 0.6 is 0 Å². The Hall–Kier alpha value is -2.63. The number of anilines is 3. The average Bonchev–Trinajstić information content (AvgIpc) is 2.73. The first-order valence-electron chi connectivity index (χ1n) is 10.3. The third-order valence-electron chi connectivity index (χ3n) is 5.34. The minimum atomic E-state index is -0.216. The van der Waals surface area contributed by atoms with Gasteiger partial charge in [-0.3, -0.25) is 4.79 Å². The summed E-state index contributed by atoms with van der Waals surface area (Å²) in [4.78, 5) is 25.7. The van der Waals surface area contributed by atoms with Gasteiger partial charge in [0.05, 0.1) is 0 Å². The van der Waals surface area contributed by atoms with Crippen LogP contribution in [0.1, 0.15) is 50.0 Å². The standard InChI is InChI=1S/C22H31N5O/c1-4-5-14-26(3)22-23-13-10-20(25-22)21(28)24-18-6-8-19(9-7-18)27-15-11-17(2)12-16-27/h6-10,13,17H,4-5,11-12,14-16H2,1-3H3,(H,24,28). The maximum atomic E-state index is 12.6. The summed E-state index contributed by atoms with van der Waals surface area (Å²) in [6.45, 7) is 7.54. The molecule has 0 aliphatic carbocycles. The Morgan fingerprint density at radius 3 is 2.61 bits per heavy atom. The molecule has 2 heterocycles. The van der Waals surface area contributed by atoms with E-state index < -0.39 is 0 Å². The number of amides is 1. The molecule has 1 aliphatic rings. The number of aromatic nitrogens is 2. The second-order valence-corrected chi connectivity index (χ2v) is 7.69. The Balaban J connectivity index is 1.61. The number of rotatable bonds is 7. The van der Waals surface area contributed by atoms with Crippen molar-refractivity contribution in [1.82, 2.24) is 9.97 Å². The highest BCUT2D eigenvalue weighted by atomic mass is 16.1. The normalized spacial score (nSPS) is 14.8. The molecule has 0 atom stereocenters. The van der Waals surface area contributed by atoms with E-state index in [1.165, 1.54) is 18.5 Å². The molecular formula is C22H31N5O. The van der Waals surface area contributed by atoms with Gasteiger partial charge in [-0.05, 0) is 55.5 Å². The van der Waals surface area contributed by atoms with Crippen LogP contribution in [0.2, 0.25) is 0 Å². The Labute approximate surface area is 168 Å².